The molecule has 0 aliphatic carbocycles. The highest BCUT2D eigenvalue weighted by atomic mass is 32.2. The van der Waals surface area contributed by atoms with Gasteiger partial charge >= 0.3 is 6.02 Å². The molecule has 22 heavy (non-hydrogen) atoms. The summed E-state index contributed by atoms with van der Waals surface area (Å²) in [6.07, 6.45) is 2.70. The van der Waals surface area contributed by atoms with Crippen LogP contribution in [0.2, 0.25) is 0 Å². The first kappa shape index (κ1) is 16.1. The third-order valence-electron chi connectivity index (χ3n) is 2.46. The van der Waals surface area contributed by atoms with Gasteiger partial charge in [0.15, 0.2) is 0 Å². The fourth-order valence-corrected chi connectivity index (χ4v) is 2.85. The molecule has 0 atom stereocenters. The van der Waals surface area contributed by atoms with E-state index in [1.165, 1.54) is 36.8 Å². The highest BCUT2D eigenvalue weighted by molar-refractivity contribution is 7.91. The van der Waals surface area contributed by atoms with E-state index in [1.807, 2.05) is 0 Å². The second-order valence-corrected chi connectivity index (χ2v) is 6.32. The molecule has 9 nitrogen and oxygen atoms in total. The van der Waals surface area contributed by atoms with E-state index in [-0.39, 0.29) is 16.0 Å². The van der Waals surface area contributed by atoms with Crippen LogP contribution in [0, 0.1) is 0 Å². The summed E-state index contributed by atoms with van der Waals surface area (Å²) in [6.45, 7) is 2.12. The van der Waals surface area contributed by atoms with Gasteiger partial charge in [0, 0.05) is 18.1 Å². The number of nitrogens with one attached hydrogen (secondary N) is 2. The molecule has 11 heteroatoms. The number of hydrazone groups is 1. The summed E-state index contributed by atoms with van der Waals surface area (Å²) in [5.41, 5.74) is 3.38. The largest absolute Gasteiger partial charge is 0.466 e. The van der Waals surface area contributed by atoms with Gasteiger partial charge in [0.2, 0.25) is 5.11 Å². The van der Waals surface area contributed by atoms with E-state index < -0.39 is 10.0 Å². The number of sulfonamides is 1. The average molecular weight is 342 g/mol. The zero-order valence-corrected chi connectivity index (χ0v) is 13.5. The van der Waals surface area contributed by atoms with Crippen molar-refractivity contribution in [1.29, 1.82) is 0 Å². The lowest BCUT2D eigenvalue weighted by Gasteiger charge is -2.24. The maximum Gasteiger partial charge on any atom is 0.334 e. The molecule has 1 aromatic heterocycles. The van der Waals surface area contributed by atoms with Gasteiger partial charge in [0.05, 0.1) is 13.7 Å². The Kier molecular flexibility index (Phi) is 4.88. The van der Waals surface area contributed by atoms with Gasteiger partial charge in [-0.2, -0.15) is 5.12 Å². The minimum atomic E-state index is -3.80. The van der Waals surface area contributed by atoms with Crippen LogP contribution >= 0.6 is 12.2 Å². The molecule has 0 bridgehead atoms. The molecule has 0 radical (unpaired) electrons. The third kappa shape index (κ3) is 4.11. The molecule has 1 aromatic rings. The predicted octanol–water partition coefficient (Wildman–Crippen LogP) is -0.157. The van der Waals surface area contributed by atoms with Crippen molar-refractivity contribution in [2.75, 3.05) is 13.7 Å². The lowest BCUT2D eigenvalue weighted by molar-refractivity contribution is 0.259. The van der Waals surface area contributed by atoms with E-state index >= 15 is 0 Å². The number of methoxy groups -OCH3 is 1. The molecule has 1 aliphatic heterocycles. The van der Waals surface area contributed by atoms with Gasteiger partial charge in [-0.05, 0) is 31.3 Å². The molecule has 0 unspecified atom stereocenters. The van der Waals surface area contributed by atoms with Crippen LogP contribution in [0.3, 0.4) is 0 Å². The Morgan fingerprint density at radius 3 is 2.91 bits per heavy atom. The van der Waals surface area contributed by atoms with E-state index in [2.05, 4.69) is 25.2 Å². The molecule has 0 saturated carbocycles. The summed E-state index contributed by atoms with van der Waals surface area (Å²) < 4.78 is 31.3. The Balaban J connectivity index is 2.02. The first-order valence-corrected chi connectivity index (χ1v) is 7.97. The van der Waals surface area contributed by atoms with Crippen molar-refractivity contribution in [3.8, 4) is 0 Å². The summed E-state index contributed by atoms with van der Waals surface area (Å²) in [7, 11) is -2.36. The number of aliphatic imine (C=N–C) groups is 1. The van der Waals surface area contributed by atoms with Gasteiger partial charge in [-0.15, -0.1) is 0 Å². The summed E-state index contributed by atoms with van der Waals surface area (Å²) >= 11 is 4.98. The molecular weight excluding hydrogens is 328 g/mol. The van der Waals surface area contributed by atoms with Crippen LogP contribution in [0.4, 0.5) is 0 Å². The van der Waals surface area contributed by atoms with Crippen LogP contribution in [0.5, 0.6) is 0 Å². The number of amidine groups is 1. The summed E-state index contributed by atoms with van der Waals surface area (Å²) in [5, 5.41) is 5.19. The van der Waals surface area contributed by atoms with Gasteiger partial charge in [-0.1, -0.05) is 5.10 Å². The molecule has 0 saturated heterocycles. The van der Waals surface area contributed by atoms with Crippen molar-refractivity contribution >= 4 is 39.1 Å². The van der Waals surface area contributed by atoms with E-state index in [9.17, 15) is 8.42 Å². The first-order chi connectivity index (χ1) is 10.4. The first-order valence-electron chi connectivity index (χ1n) is 6.08. The SMILES string of the molecule is COC1=NN(NC(=S)NS(=O)(=O)c2cccnc2)CC(C)=N1. The van der Waals surface area contributed by atoms with Crippen LogP contribution in [0.1, 0.15) is 6.92 Å². The molecule has 0 aromatic carbocycles. The number of pyridine rings is 1. The number of hydrogen-bond donors (Lipinski definition) is 2. The zero-order chi connectivity index (χ0) is 16.2. The summed E-state index contributed by atoms with van der Waals surface area (Å²) in [6, 6.07) is 3.08. The van der Waals surface area contributed by atoms with Crippen LogP contribution in [-0.2, 0) is 14.8 Å². The third-order valence-corrected chi connectivity index (χ3v) is 4.11. The maximum atomic E-state index is 12.1. The van der Waals surface area contributed by atoms with Crippen molar-refractivity contribution in [2.45, 2.75) is 11.8 Å². The fraction of sp³-hybridized carbons (Fsp3) is 0.273. The molecule has 2 heterocycles. The fourth-order valence-electron chi connectivity index (χ4n) is 1.55. The van der Waals surface area contributed by atoms with Crippen LogP contribution in [0.15, 0.2) is 39.5 Å². The van der Waals surface area contributed by atoms with Crippen molar-refractivity contribution in [3.63, 3.8) is 0 Å². The van der Waals surface area contributed by atoms with Gasteiger partial charge in [-0.3, -0.25) is 15.1 Å². The standard InChI is InChI=1S/C11H14N6O3S2/c1-8-7-17(14-10(13-8)20-2)15-11(21)16-22(18,19)9-4-3-5-12-6-9/h3-6H,7H2,1-2H3,(H2,15,16,21). The molecule has 0 fully saturated rings. The van der Waals surface area contributed by atoms with Crippen molar-refractivity contribution in [2.24, 2.45) is 10.1 Å². The van der Waals surface area contributed by atoms with E-state index in [0.717, 1.165) is 5.71 Å². The second-order valence-electron chi connectivity index (χ2n) is 4.23. The summed E-state index contributed by atoms with van der Waals surface area (Å²) in [5.74, 6) is 0. The van der Waals surface area contributed by atoms with Crippen LogP contribution in [0.25, 0.3) is 0 Å². The van der Waals surface area contributed by atoms with E-state index in [0.29, 0.717) is 6.54 Å². The number of ether oxygens (including phenoxy) is 1. The number of hydrazine groups is 1. The van der Waals surface area contributed by atoms with Crippen molar-refractivity contribution in [3.05, 3.63) is 24.5 Å². The van der Waals surface area contributed by atoms with Gasteiger partial charge in [-0.25, -0.2) is 13.4 Å². The normalized spacial score (nSPS) is 14.7. The van der Waals surface area contributed by atoms with Gasteiger partial charge < -0.3 is 4.74 Å². The van der Waals surface area contributed by atoms with Gasteiger partial charge in [0.25, 0.3) is 10.0 Å². The predicted molar refractivity (Wildman–Crippen MR) is 84.6 cm³/mol. The number of rotatable bonds is 3. The highest BCUT2D eigenvalue weighted by Gasteiger charge is 2.18. The molecule has 0 amide bonds. The number of nitrogens with zero attached hydrogens (tertiary/aromatic N) is 4. The number of hydrogen-bond acceptors (Lipinski definition) is 8. The lowest BCUT2D eigenvalue weighted by Crippen LogP contribution is -2.49. The summed E-state index contributed by atoms with van der Waals surface area (Å²) in [4.78, 5) is 7.82. The Bertz CT molecular complexity index is 717. The van der Waals surface area contributed by atoms with Crippen molar-refractivity contribution < 1.29 is 13.2 Å². The van der Waals surface area contributed by atoms with Crippen LogP contribution < -0.4 is 10.1 Å². The topological polar surface area (TPSA) is 108 Å². The highest BCUT2D eigenvalue weighted by Crippen LogP contribution is 2.05. The smallest absolute Gasteiger partial charge is 0.334 e. The van der Waals surface area contributed by atoms with Gasteiger partial charge in [0.1, 0.15) is 4.90 Å². The Hall–Kier alpha value is -2.27. The van der Waals surface area contributed by atoms with Crippen molar-refractivity contribution in [1.82, 2.24) is 20.2 Å². The Labute approximate surface area is 133 Å². The Morgan fingerprint density at radius 2 is 2.27 bits per heavy atom. The molecule has 1 aliphatic rings. The van der Waals surface area contributed by atoms with E-state index in [4.69, 9.17) is 17.0 Å². The monoisotopic (exact) mass is 342 g/mol. The molecular formula is C11H14N6O3S2. The molecule has 118 valence electrons. The lowest BCUT2D eigenvalue weighted by atomic mass is 10.4. The minimum absolute atomic E-state index is 0.0108. The Morgan fingerprint density at radius 1 is 1.50 bits per heavy atom. The minimum Gasteiger partial charge on any atom is -0.466 e. The number of thiocarbonyl (C=S) groups is 1. The molecule has 0 spiro atoms. The van der Waals surface area contributed by atoms with Crippen LogP contribution in [-0.4, -0.2) is 49.0 Å². The second kappa shape index (κ2) is 6.66. The van der Waals surface area contributed by atoms with E-state index in [1.54, 1.807) is 6.92 Å². The zero-order valence-electron chi connectivity index (χ0n) is 11.8. The quantitative estimate of drug-likeness (QED) is 0.735. The average Bonchev–Trinajstić information content (AvgIpc) is 2.46. The molecule has 2 N–H and O–H groups in total. The maximum absolute atomic E-state index is 12.1. The number of aromatic nitrogens is 1. The molecule has 2 rings (SSSR count).